The highest BCUT2D eigenvalue weighted by Gasteiger charge is 2.09. The second-order valence-electron chi connectivity index (χ2n) is 3.80. The van der Waals surface area contributed by atoms with Crippen LogP contribution in [0.5, 0.6) is 0 Å². The molecule has 0 aromatic rings. The van der Waals surface area contributed by atoms with E-state index in [0.717, 1.165) is 19.3 Å². The highest BCUT2D eigenvalue weighted by Crippen LogP contribution is 2.11. The third kappa shape index (κ3) is 6.70. The van der Waals surface area contributed by atoms with E-state index in [4.69, 9.17) is 0 Å². The van der Waals surface area contributed by atoms with Gasteiger partial charge < -0.3 is 5.32 Å². The third-order valence-corrected chi connectivity index (χ3v) is 2.49. The molecule has 0 saturated carbocycles. The molecule has 0 aliphatic heterocycles. The maximum atomic E-state index is 11.2. The summed E-state index contributed by atoms with van der Waals surface area (Å²) in [6.07, 6.45) is 8.97. The molecule has 1 atom stereocenters. The molecule has 82 valence electrons. The maximum absolute atomic E-state index is 11.2. The molecule has 2 heteroatoms. The Labute approximate surface area is 87.8 Å². The Balaban J connectivity index is 3.27. The number of hydrogen-bond donors (Lipinski definition) is 1. The van der Waals surface area contributed by atoms with Crippen LogP contribution in [0.25, 0.3) is 0 Å². The minimum atomic E-state index is 0.163. The van der Waals surface area contributed by atoms with E-state index >= 15 is 0 Å². The first-order valence-electron chi connectivity index (χ1n) is 5.54. The van der Waals surface area contributed by atoms with Gasteiger partial charge in [-0.3, -0.25) is 4.79 Å². The van der Waals surface area contributed by atoms with Crippen LogP contribution in [0.3, 0.4) is 0 Å². The molecule has 0 saturated heterocycles. The molecule has 1 unspecified atom stereocenters. The highest BCUT2D eigenvalue weighted by atomic mass is 16.1. The van der Waals surface area contributed by atoms with Crippen molar-refractivity contribution in [3.63, 3.8) is 0 Å². The largest absolute Gasteiger partial charge is 0.359 e. The molecule has 0 aromatic heterocycles. The van der Waals surface area contributed by atoms with Gasteiger partial charge in [0.25, 0.3) is 0 Å². The standard InChI is InChI=1S/C12H23NO/c1-4-5-6-7-8-9-10-11(2)12(14)13-3/h4,11H,1,5-10H2,2-3H3,(H,13,14). The fourth-order valence-electron chi connectivity index (χ4n) is 1.47. The molecule has 0 aliphatic rings. The number of unbranched alkanes of at least 4 members (excludes halogenated alkanes) is 4. The summed E-state index contributed by atoms with van der Waals surface area (Å²) in [4.78, 5) is 11.2. The number of rotatable bonds is 8. The van der Waals surface area contributed by atoms with E-state index in [0.29, 0.717) is 0 Å². The van der Waals surface area contributed by atoms with Crippen molar-refractivity contribution in [2.45, 2.75) is 45.4 Å². The van der Waals surface area contributed by atoms with E-state index < -0.39 is 0 Å². The number of carbonyl (C=O) groups excluding carboxylic acids is 1. The van der Waals surface area contributed by atoms with Gasteiger partial charge >= 0.3 is 0 Å². The molecule has 14 heavy (non-hydrogen) atoms. The Morgan fingerprint density at radius 2 is 2.00 bits per heavy atom. The van der Waals surface area contributed by atoms with Crippen molar-refractivity contribution < 1.29 is 4.79 Å². The second-order valence-corrected chi connectivity index (χ2v) is 3.80. The molecule has 0 radical (unpaired) electrons. The summed E-state index contributed by atoms with van der Waals surface area (Å²) in [6, 6.07) is 0. The normalized spacial score (nSPS) is 12.1. The van der Waals surface area contributed by atoms with Crippen molar-refractivity contribution in [1.82, 2.24) is 5.32 Å². The van der Waals surface area contributed by atoms with E-state index in [2.05, 4.69) is 11.9 Å². The van der Waals surface area contributed by atoms with E-state index in [1.54, 1.807) is 7.05 Å². The van der Waals surface area contributed by atoms with Gasteiger partial charge in [-0.25, -0.2) is 0 Å². The quantitative estimate of drug-likeness (QED) is 0.470. The zero-order valence-electron chi connectivity index (χ0n) is 9.51. The van der Waals surface area contributed by atoms with Crippen LogP contribution in [0.1, 0.15) is 45.4 Å². The van der Waals surface area contributed by atoms with E-state index in [-0.39, 0.29) is 11.8 Å². The summed E-state index contributed by atoms with van der Waals surface area (Å²) in [5, 5.41) is 2.67. The number of nitrogens with one attached hydrogen (secondary N) is 1. The van der Waals surface area contributed by atoms with Gasteiger partial charge in [-0.15, -0.1) is 6.58 Å². The lowest BCUT2D eigenvalue weighted by Gasteiger charge is -2.08. The molecule has 0 rings (SSSR count). The number of amides is 1. The van der Waals surface area contributed by atoms with Crippen LogP contribution in [0.15, 0.2) is 12.7 Å². The molecular weight excluding hydrogens is 174 g/mol. The first-order chi connectivity index (χ1) is 6.72. The summed E-state index contributed by atoms with van der Waals surface area (Å²) < 4.78 is 0. The van der Waals surface area contributed by atoms with Crippen molar-refractivity contribution in [3.05, 3.63) is 12.7 Å². The molecule has 0 bridgehead atoms. The fraction of sp³-hybridized carbons (Fsp3) is 0.750. The Kier molecular flexibility index (Phi) is 8.30. The van der Waals surface area contributed by atoms with Crippen molar-refractivity contribution in [3.8, 4) is 0 Å². The molecule has 0 aliphatic carbocycles. The SMILES string of the molecule is C=CCCCCCCC(C)C(=O)NC. The first kappa shape index (κ1) is 13.2. The van der Waals surface area contributed by atoms with E-state index in [1.165, 1.54) is 19.3 Å². The van der Waals surface area contributed by atoms with Crippen molar-refractivity contribution in [2.75, 3.05) is 7.05 Å². The van der Waals surface area contributed by atoms with Gasteiger partial charge in [0.15, 0.2) is 0 Å². The smallest absolute Gasteiger partial charge is 0.222 e. The van der Waals surface area contributed by atoms with E-state index in [9.17, 15) is 4.79 Å². The predicted molar refractivity (Wildman–Crippen MR) is 61.1 cm³/mol. The van der Waals surface area contributed by atoms with Crippen molar-refractivity contribution in [2.24, 2.45) is 5.92 Å². The van der Waals surface area contributed by atoms with Crippen LogP contribution in [0.2, 0.25) is 0 Å². The molecule has 2 nitrogen and oxygen atoms in total. The lowest BCUT2D eigenvalue weighted by atomic mass is 10.0. The van der Waals surface area contributed by atoms with Crippen LogP contribution in [0.4, 0.5) is 0 Å². The van der Waals surface area contributed by atoms with Gasteiger partial charge in [0.1, 0.15) is 0 Å². The molecule has 1 N–H and O–H groups in total. The average Bonchev–Trinajstić information content (AvgIpc) is 2.21. The number of hydrogen-bond acceptors (Lipinski definition) is 1. The zero-order chi connectivity index (χ0) is 10.8. The molecule has 0 aromatic carbocycles. The molecule has 1 amide bonds. The van der Waals surface area contributed by atoms with Crippen LogP contribution in [0, 0.1) is 5.92 Å². The Morgan fingerprint density at radius 1 is 1.36 bits per heavy atom. The summed E-state index contributed by atoms with van der Waals surface area (Å²) in [5.41, 5.74) is 0. The molecule has 0 spiro atoms. The van der Waals surface area contributed by atoms with Gasteiger partial charge in [0.05, 0.1) is 0 Å². The topological polar surface area (TPSA) is 29.1 Å². The number of carbonyl (C=O) groups is 1. The lowest BCUT2D eigenvalue weighted by molar-refractivity contribution is -0.124. The predicted octanol–water partition coefficient (Wildman–Crippen LogP) is 2.90. The van der Waals surface area contributed by atoms with Crippen LogP contribution >= 0.6 is 0 Å². The molecular formula is C12H23NO. The average molecular weight is 197 g/mol. The third-order valence-electron chi connectivity index (χ3n) is 2.49. The lowest BCUT2D eigenvalue weighted by Crippen LogP contribution is -2.25. The fourth-order valence-corrected chi connectivity index (χ4v) is 1.47. The maximum Gasteiger partial charge on any atom is 0.222 e. The first-order valence-corrected chi connectivity index (χ1v) is 5.54. The minimum absolute atomic E-state index is 0.163. The number of allylic oxidation sites excluding steroid dienone is 1. The van der Waals surface area contributed by atoms with Crippen molar-refractivity contribution >= 4 is 5.91 Å². The minimum Gasteiger partial charge on any atom is -0.359 e. The molecule has 0 heterocycles. The van der Waals surface area contributed by atoms with Gasteiger partial charge in [-0.1, -0.05) is 32.3 Å². The summed E-state index contributed by atoms with van der Waals surface area (Å²) in [5.74, 6) is 0.329. The Hall–Kier alpha value is -0.790. The van der Waals surface area contributed by atoms with Crippen LogP contribution < -0.4 is 5.32 Å². The van der Waals surface area contributed by atoms with E-state index in [1.807, 2.05) is 13.0 Å². The zero-order valence-corrected chi connectivity index (χ0v) is 9.51. The highest BCUT2D eigenvalue weighted by molar-refractivity contribution is 5.77. The van der Waals surface area contributed by atoms with Crippen LogP contribution in [-0.4, -0.2) is 13.0 Å². The summed E-state index contributed by atoms with van der Waals surface area (Å²) >= 11 is 0. The van der Waals surface area contributed by atoms with Gasteiger partial charge in [0.2, 0.25) is 5.91 Å². The van der Waals surface area contributed by atoms with Gasteiger partial charge in [-0.05, 0) is 19.3 Å². The van der Waals surface area contributed by atoms with Crippen molar-refractivity contribution in [1.29, 1.82) is 0 Å². The Bertz CT molecular complexity index is 166. The second kappa shape index (κ2) is 8.79. The monoisotopic (exact) mass is 197 g/mol. The van der Waals surface area contributed by atoms with Gasteiger partial charge in [-0.2, -0.15) is 0 Å². The molecule has 0 fully saturated rings. The summed E-state index contributed by atoms with van der Waals surface area (Å²) in [7, 11) is 1.70. The summed E-state index contributed by atoms with van der Waals surface area (Å²) in [6.45, 7) is 5.68. The Morgan fingerprint density at radius 3 is 2.57 bits per heavy atom. The van der Waals surface area contributed by atoms with Crippen LogP contribution in [-0.2, 0) is 4.79 Å². The van der Waals surface area contributed by atoms with Gasteiger partial charge in [0, 0.05) is 13.0 Å².